The molecule has 0 aliphatic carbocycles. The maximum absolute atomic E-state index is 12.3. The lowest BCUT2D eigenvalue weighted by atomic mass is 9.92. The number of rotatable bonds is 2. The van der Waals surface area contributed by atoms with Crippen molar-refractivity contribution in [2.75, 3.05) is 5.32 Å². The Morgan fingerprint density at radius 2 is 1.86 bits per heavy atom. The maximum atomic E-state index is 12.3. The fraction of sp³-hybridized carbons (Fsp3) is 0.562. The lowest BCUT2D eigenvalue weighted by molar-refractivity contribution is 0.0985. The molecule has 0 bridgehead atoms. The van der Waals surface area contributed by atoms with E-state index < -0.39 is 0 Å². The minimum Gasteiger partial charge on any atom is -0.351 e. The molecule has 1 N–H and O–H groups in total. The van der Waals surface area contributed by atoms with Gasteiger partial charge in [-0.25, -0.2) is 4.68 Å². The first kappa shape index (κ1) is 16.3. The van der Waals surface area contributed by atoms with Gasteiger partial charge in [-0.05, 0) is 27.7 Å². The van der Waals surface area contributed by atoms with Crippen LogP contribution in [0.2, 0.25) is 0 Å². The van der Waals surface area contributed by atoms with Crippen molar-refractivity contribution in [3.8, 4) is 0 Å². The van der Waals surface area contributed by atoms with Crippen LogP contribution in [0, 0.1) is 6.92 Å². The summed E-state index contributed by atoms with van der Waals surface area (Å²) in [6.45, 7) is 14.2. The first-order valence-corrected chi connectivity index (χ1v) is 7.34. The van der Waals surface area contributed by atoms with Crippen LogP contribution in [0.5, 0.6) is 0 Å². The standard InChI is InChI=1S/C16H24N4O2/c1-10-9-17-22-13(10)14(21)18-12-8-11(15(2,3)4)19-20(12)16(5,6)7/h8-9H,1-7H3,(H,18,21). The third kappa shape index (κ3) is 3.21. The zero-order valence-electron chi connectivity index (χ0n) is 14.3. The van der Waals surface area contributed by atoms with Crippen LogP contribution >= 0.6 is 0 Å². The zero-order chi connectivity index (χ0) is 16.7. The highest BCUT2D eigenvalue weighted by atomic mass is 16.5. The summed E-state index contributed by atoms with van der Waals surface area (Å²) in [5.41, 5.74) is 1.28. The minimum atomic E-state index is -0.319. The Kier molecular flexibility index (Phi) is 3.89. The molecular weight excluding hydrogens is 280 g/mol. The van der Waals surface area contributed by atoms with Crippen LogP contribution in [0.1, 0.15) is 63.4 Å². The first-order valence-electron chi connectivity index (χ1n) is 7.34. The SMILES string of the molecule is Cc1cnoc1C(=O)Nc1cc(C(C)(C)C)nn1C(C)(C)C. The second kappa shape index (κ2) is 5.26. The van der Waals surface area contributed by atoms with Crippen molar-refractivity contribution in [2.45, 2.75) is 59.4 Å². The Hall–Kier alpha value is -2.11. The summed E-state index contributed by atoms with van der Waals surface area (Å²) in [7, 11) is 0. The Morgan fingerprint density at radius 3 is 2.32 bits per heavy atom. The largest absolute Gasteiger partial charge is 0.351 e. The topological polar surface area (TPSA) is 73.0 Å². The smallest absolute Gasteiger partial charge is 0.295 e. The van der Waals surface area contributed by atoms with Crippen molar-refractivity contribution in [2.24, 2.45) is 0 Å². The molecule has 2 aromatic rings. The molecule has 0 atom stereocenters. The second-order valence-electron chi connectivity index (χ2n) is 7.54. The monoisotopic (exact) mass is 304 g/mol. The highest BCUT2D eigenvalue weighted by molar-refractivity contribution is 6.02. The average molecular weight is 304 g/mol. The third-order valence-electron chi connectivity index (χ3n) is 3.31. The molecule has 2 rings (SSSR count). The van der Waals surface area contributed by atoms with E-state index in [4.69, 9.17) is 4.52 Å². The Labute approximate surface area is 130 Å². The van der Waals surface area contributed by atoms with Crippen LogP contribution in [-0.2, 0) is 11.0 Å². The number of nitrogens with one attached hydrogen (secondary N) is 1. The first-order chi connectivity index (χ1) is 10.00. The highest BCUT2D eigenvalue weighted by Gasteiger charge is 2.26. The highest BCUT2D eigenvalue weighted by Crippen LogP contribution is 2.28. The van der Waals surface area contributed by atoms with E-state index in [2.05, 4.69) is 36.3 Å². The molecule has 22 heavy (non-hydrogen) atoms. The van der Waals surface area contributed by atoms with E-state index in [0.29, 0.717) is 11.4 Å². The van der Waals surface area contributed by atoms with Crippen LogP contribution in [0.3, 0.4) is 0 Å². The summed E-state index contributed by atoms with van der Waals surface area (Å²) in [6.07, 6.45) is 1.52. The van der Waals surface area contributed by atoms with Gasteiger partial charge in [0.25, 0.3) is 5.91 Å². The molecule has 120 valence electrons. The predicted octanol–water partition coefficient (Wildman–Crippen LogP) is 3.48. The molecule has 0 spiro atoms. The van der Waals surface area contributed by atoms with E-state index in [-0.39, 0.29) is 22.6 Å². The third-order valence-corrected chi connectivity index (χ3v) is 3.31. The molecule has 1 amide bonds. The van der Waals surface area contributed by atoms with Crippen molar-refractivity contribution in [1.82, 2.24) is 14.9 Å². The summed E-state index contributed by atoms with van der Waals surface area (Å²) in [5, 5.41) is 11.2. The van der Waals surface area contributed by atoms with E-state index in [1.54, 1.807) is 6.92 Å². The van der Waals surface area contributed by atoms with Crippen LogP contribution in [0.4, 0.5) is 5.82 Å². The van der Waals surface area contributed by atoms with Crippen molar-refractivity contribution in [3.05, 3.63) is 29.3 Å². The van der Waals surface area contributed by atoms with Gasteiger partial charge in [-0.15, -0.1) is 0 Å². The number of amides is 1. The van der Waals surface area contributed by atoms with E-state index in [9.17, 15) is 4.79 Å². The summed E-state index contributed by atoms with van der Waals surface area (Å²) in [5.74, 6) is 0.554. The van der Waals surface area contributed by atoms with Crippen LogP contribution < -0.4 is 5.32 Å². The molecule has 2 aromatic heterocycles. The Balaban J connectivity index is 2.40. The van der Waals surface area contributed by atoms with E-state index >= 15 is 0 Å². The fourth-order valence-corrected chi connectivity index (χ4v) is 2.03. The molecule has 0 radical (unpaired) electrons. The molecular formula is C16H24N4O2. The number of hydrogen-bond acceptors (Lipinski definition) is 4. The van der Waals surface area contributed by atoms with Gasteiger partial charge in [-0.2, -0.15) is 5.10 Å². The molecule has 0 aliphatic heterocycles. The number of aryl methyl sites for hydroxylation is 1. The Bertz CT molecular complexity index is 684. The van der Waals surface area contributed by atoms with Gasteiger partial charge in [-0.3, -0.25) is 4.79 Å². The number of carbonyl (C=O) groups is 1. The lowest BCUT2D eigenvalue weighted by Gasteiger charge is -2.22. The number of anilines is 1. The zero-order valence-corrected chi connectivity index (χ0v) is 14.3. The van der Waals surface area contributed by atoms with Crippen LogP contribution in [0.15, 0.2) is 16.8 Å². The number of nitrogens with zero attached hydrogens (tertiary/aromatic N) is 3. The molecule has 0 saturated heterocycles. The predicted molar refractivity (Wildman–Crippen MR) is 85.1 cm³/mol. The van der Waals surface area contributed by atoms with E-state index in [1.807, 2.05) is 31.5 Å². The molecule has 6 nitrogen and oxygen atoms in total. The summed E-state index contributed by atoms with van der Waals surface area (Å²) in [4.78, 5) is 12.3. The van der Waals surface area contributed by atoms with Crippen molar-refractivity contribution < 1.29 is 9.32 Å². The molecule has 0 fully saturated rings. The van der Waals surface area contributed by atoms with Crippen molar-refractivity contribution in [1.29, 1.82) is 0 Å². The summed E-state index contributed by atoms with van der Waals surface area (Å²) < 4.78 is 6.84. The van der Waals surface area contributed by atoms with Gasteiger partial charge < -0.3 is 9.84 Å². The number of hydrogen-bond donors (Lipinski definition) is 1. The quantitative estimate of drug-likeness (QED) is 0.921. The number of aromatic nitrogens is 3. The summed E-state index contributed by atoms with van der Waals surface area (Å²) >= 11 is 0. The number of carbonyl (C=O) groups excluding carboxylic acids is 1. The van der Waals surface area contributed by atoms with Gasteiger partial charge in [-0.1, -0.05) is 25.9 Å². The van der Waals surface area contributed by atoms with Crippen LogP contribution in [0.25, 0.3) is 0 Å². The van der Waals surface area contributed by atoms with E-state index in [0.717, 1.165) is 5.69 Å². The molecule has 0 unspecified atom stereocenters. The second-order valence-corrected chi connectivity index (χ2v) is 7.54. The van der Waals surface area contributed by atoms with Crippen molar-refractivity contribution >= 4 is 11.7 Å². The van der Waals surface area contributed by atoms with Gasteiger partial charge in [0.2, 0.25) is 5.76 Å². The minimum absolute atomic E-state index is 0.0991. The molecule has 6 heteroatoms. The maximum Gasteiger partial charge on any atom is 0.295 e. The van der Waals surface area contributed by atoms with Gasteiger partial charge >= 0.3 is 0 Å². The Morgan fingerprint density at radius 1 is 1.23 bits per heavy atom. The van der Waals surface area contributed by atoms with Gasteiger partial charge in [0.05, 0.1) is 17.4 Å². The van der Waals surface area contributed by atoms with Gasteiger partial charge in [0.1, 0.15) is 5.82 Å². The molecule has 0 saturated carbocycles. The van der Waals surface area contributed by atoms with Gasteiger partial charge in [0, 0.05) is 17.0 Å². The lowest BCUT2D eigenvalue weighted by Crippen LogP contribution is -2.27. The molecule has 2 heterocycles. The normalized spacial score (nSPS) is 12.5. The van der Waals surface area contributed by atoms with Crippen LogP contribution in [-0.4, -0.2) is 20.8 Å². The summed E-state index contributed by atoms with van der Waals surface area (Å²) in [6, 6.07) is 1.91. The van der Waals surface area contributed by atoms with Crippen molar-refractivity contribution in [3.63, 3.8) is 0 Å². The van der Waals surface area contributed by atoms with Gasteiger partial charge in [0.15, 0.2) is 0 Å². The van der Waals surface area contributed by atoms with E-state index in [1.165, 1.54) is 6.20 Å². The molecule has 0 aromatic carbocycles. The molecule has 0 aliphatic rings. The fourth-order valence-electron chi connectivity index (χ4n) is 2.03. The average Bonchev–Trinajstić information content (AvgIpc) is 2.93.